The Labute approximate surface area is 218 Å². The monoisotopic (exact) mass is 549 g/mol. The number of thiophene rings is 1. The van der Waals surface area contributed by atoms with Crippen molar-refractivity contribution >= 4 is 44.6 Å². The highest BCUT2D eigenvalue weighted by Crippen LogP contribution is 2.38. The van der Waals surface area contributed by atoms with E-state index in [1.165, 1.54) is 18.1 Å². The van der Waals surface area contributed by atoms with Crippen LogP contribution in [0.15, 0.2) is 64.9 Å². The van der Waals surface area contributed by atoms with E-state index in [1.54, 1.807) is 16.2 Å². The zero-order valence-electron chi connectivity index (χ0n) is 19.4. The number of halogens is 1. The molecule has 0 saturated carbocycles. The molecule has 36 heavy (non-hydrogen) atoms. The largest absolute Gasteiger partial charge is 0.383 e. The van der Waals surface area contributed by atoms with Crippen LogP contribution in [0.4, 0.5) is 5.69 Å². The van der Waals surface area contributed by atoms with Gasteiger partial charge in [-0.05, 0) is 41.1 Å². The summed E-state index contributed by atoms with van der Waals surface area (Å²) in [5.41, 5.74) is 1.44. The van der Waals surface area contributed by atoms with Crippen LogP contribution in [0.1, 0.15) is 22.0 Å². The van der Waals surface area contributed by atoms with Crippen molar-refractivity contribution in [2.24, 2.45) is 0 Å². The quantitative estimate of drug-likeness (QED) is 0.293. The van der Waals surface area contributed by atoms with Crippen LogP contribution in [-0.2, 0) is 26.0 Å². The van der Waals surface area contributed by atoms with Gasteiger partial charge in [0.05, 0.1) is 29.0 Å². The second-order valence-electron chi connectivity index (χ2n) is 8.15. The number of nitrogens with zero attached hydrogens (tertiary/aromatic N) is 3. The van der Waals surface area contributed by atoms with Crippen LogP contribution in [0.25, 0.3) is 0 Å². The maximum absolute atomic E-state index is 13.6. The Morgan fingerprint density at radius 1 is 1.25 bits per heavy atom. The van der Waals surface area contributed by atoms with Gasteiger partial charge in [0, 0.05) is 31.1 Å². The number of carbonyl (C=O) groups excluding carboxylic acids is 1. The molecule has 12 heteroatoms. The minimum Gasteiger partial charge on any atom is -0.383 e. The fourth-order valence-electron chi connectivity index (χ4n) is 4.24. The lowest BCUT2D eigenvalue weighted by atomic mass is 9.93. The molecule has 0 fully saturated rings. The average molecular weight is 550 g/mol. The molecule has 1 atom stereocenters. The number of ether oxygens (including phenoxy) is 1. The number of nitro benzene ring substituents is 1. The first-order chi connectivity index (χ1) is 17.2. The maximum Gasteiger partial charge on any atom is 0.289 e. The Hall–Kier alpha value is -2.83. The van der Waals surface area contributed by atoms with Crippen LogP contribution < -0.4 is 0 Å². The van der Waals surface area contributed by atoms with E-state index in [0.29, 0.717) is 13.0 Å². The molecular formula is C24H24ClN3O6S2. The lowest BCUT2D eigenvalue weighted by molar-refractivity contribution is -0.384. The summed E-state index contributed by atoms with van der Waals surface area (Å²) in [7, 11) is -2.84. The Bertz CT molecular complexity index is 1360. The second-order valence-corrected chi connectivity index (χ2v) is 11.5. The molecule has 1 aliphatic rings. The molecule has 0 spiro atoms. The Balaban J connectivity index is 1.66. The van der Waals surface area contributed by atoms with E-state index >= 15 is 0 Å². The summed E-state index contributed by atoms with van der Waals surface area (Å²) in [4.78, 5) is 26.8. The molecule has 1 aromatic heterocycles. The molecule has 9 nitrogen and oxygen atoms in total. The fraction of sp³-hybridized carbons (Fsp3) is 0.292. The molecule has 0 bridgehead atoms. The van der Waals surface area contributed by atoms with Gasteiger partial charge in [-0.25, -0.2) is 8.42 Å². The van der Waals surface area contributed by atoms with Crippen molar-refractivity contribution in [3.63, 3.8) is 0 Å². The summed E-state index contributed by atoms with van der Waals surface area (Å²) in [5.74, 6) is -0.371. The minimum atomic E-state index is -4.27. The third-order valence-electron chi connectivity index (χ3n) is 6.01. The highest BCUT2D eigenvalue weighted by molar-refractivity contribution is 7.89. The first-order valence-electron chi connectivity index (χ1n) is 11.1. The average Bonchev–Trinajstić information content (AvgIpc) is 3.35. The number of sulfonamides is 1. The van der Waals surface area contributed by atoms with Gasteiger partial charge in [0.2, 0.25) is 15.9 Å². The smallest absolute Gasteiger partial charge is 0.289 e. The summed E-state index contributed by atoms with van der Waals surface area (Å²) >= 11 is 7.51. The first-order valence-corrected chi connectivity index (χ1v) is 13.8. The van der Waals surface area contributed by atoms with Gasteiger partial charge in [-0.3, -0.25) is 14.9 Å². The molecule has 2 heterocycles. The zero-order chi connectivity index (χ0) is 25.9. The maximum atomic E-state index is 13.6. The van der Waals surface area contributed by atoms with Crippen LogP contribution in [-0.4, -0.2) is 61.8 Å². The molecule has 0 aliphatic carbocycles. The van der Waals surface area contributed by atoms with Crippen LogP contribution in [0.5, 0.6) is 0 Å². The predicted molar refractivity (Wildman–Crippen MR) is 137 cm³/mol. The van der Waals surface area contributed by atoms with E-state index in [-0.39, 0.29) is 35.0 Å². The highest BCUT2D eigenvalue weighted by Gasteiger charge is 2.36. The van der Waals surface area contributed by atoms with E-state index in [2.05, 4.69) is 0 Å². The zero-order valence-corrected chi connectivity index (χ0v) is 21.8. The number of amides is 1. The van der Waals surface area contributed by atoms with Gasteiger partial charge < -0.3 is 9.64 Å². The van der Waals surface area contributed by atoms with Gasteiger partial charge in [0.25, 0.3) is 5.69 Å². The molecule has 1 amide bonds. The van der Waals surface area contributed by atoms with Crippen LogP contribution in [0.2, 0.25) is 5.02 Å². The van der Waals surface area contributed by atoms with Crippen molar-refractivity contribution in [2.45, 2.75) is 17.4 Å². The number of hydrogen-bond acceptors (Lipinski definition) is 7. The van der Waals surface area contributed by atoms with Gasteiger partial charge in [-0.2, -0.15) is 4.31 Å². The lowest BCUT2D eigenvalue weighted by Crippen LogP contribution is -2.47. The van der Waals surface area contributed by atoms with Crippen molar-refractivity contribution < 1.29 is 22.9 Å². The van der Waals surface area contributed by atoms with E-state index in [9.17, 15) is 23.3 Å². The number of fused-ring (bicyclic) bond motifs is 1. The molecule has 0 N–H and O–H groups in total. The number of rotatable bonds is 9. The fourth-order valence-corrected chi connectivity index (χ4v) is 6.73. The predicted octanol–water partition coefficient (Wildman–Crippen LogP) is 4.12. The molecular weight excluding hydrogens is 526 g/mol. The summed E-state index contributed by atoms with van der Waals surface area (Å²) < 4.78 is 33.0. The summed E-state index contributed by atoms with van der Waals surface area (Å²) in [6.45, 7) is -0.0606. The number of methoxy groups -OCH3 is 1. The normalized spacial score (nSPS) is 15.6. The third-order valence-corrected chi connectivity index (χ3v) is 9.17. The summed E-state index contributed by atoms with van der Waals surface area (Å²) in [5, 5.41) is 13.1. The standard InChI is InChI=1S/C24H24ClN3O6S2/c1-34-13-12-26(36(32,33)18-7-8-20(25)21(15-18)28(30)31)16-23(29)27-11-9-22-19(10-14-35-22)24(27)17-5-3-2-4-6-17/h2-8,10,14-15,24H,9,11-13,16H2,1H3. The summed E-state index contributed by atoms with van der Waals surface area (Å²) in [6.07, 6.45) is 0.677. The van der Waals surface area contributed by atoms with E-state index < -0.39 is 27.2 Å². The van der Waals surface area contributed by atoms with E-state index in [0.717, 1.165) is 27.6 Å². The van der Waals surface area contributed by atoms with Gasteiger partial charge in [-0.1, -0.05) is 41.9 Å². The Morgan fingerprint density at radius 2 is 2.00 bits per heavy atom. The summed E-state index contributed by atoms with van der Waals surface area (Å²) in [6, 6.07) is 14.5. The van der Waals surface area contributed by atoms with E-state index in [4.69, 9.17) is 16.3 Å². The van der Waals surface area contributed by atoms with Gasteiger partial charge in [0.15, 0.2) is 0 Å². The van der Waals surface area contributed by atoms with Crippen molar-refractivity contribution in [2.75, 3.05) is 33.4 Å². The third kappa shape index (κ3) is 5.30. The van der Waals surface area contributed by atoms with Crippen molar-refractivity contribution in [3.8, 4) is 0 Å². The SMILES string of the molecule is COCCN(CC(=O)N1CCc2sccc2C1c1ccccc1)S(=O)(=O)c1ccc(Cl)c([N+](=O)[O-])c1. The Morgan fingerprint density at radius 3 is 2.69 bits per heavy atom. The van der Waals surface area contributed by atoms with Crippen LogP contribution >= 0.6 is 22.9 Å². The van der Waals surface area contributed by atoms with Crippen LogP contribution in [0.3, 0.4) is 0 Å². The van der Waals surface area contributed by atoms with E-state index in [1.807, 2.05) is 41.8 Å². The molecule has 3 aromatic rings. The first kappa shape index (κ1) is 26.2. The second kappa shape index (κ2) is 11.1. The van der Waals surface area contributed by atoms with Gasteiger partial charge in [-0.15, -0.1) is 11.3 Å². The Kier molecular flexibility index (Phi) is 8.06. The number of nitro groups is 1. The molecule has 1 unspecified atom stereocenters. The minimum absolute atomic E-state index is 0.0407. The number of benzene rings is 2. The molecule has 0 saturated heterocycles. The van der Waals surface area contributed by atoms with Gasteiger partial charge >= 0.3 is 0 Å². The van der Waals surface area contributed by atoms with Crippen molar-refractivity contribution in [1.82, 2.24) is 9.21 Å². The van der Waals surface area contributed by atoms with Crippen molar-refractivity contribution in [3.05, 3.63) is 91.1 Å². The molecule has 1 aliphatic heterocycles. The number of hydrogen-bond donors (Lipinski definition) is 0. The molecule has 4 rings (SSSR count). The lowest BCUT2D eigenvalue weighted by Gasteiger charge is -2.37. The van der Waals surface area contributed by atoms with Crippen molar-refractivity contribution in [1.29, 1.82) is 0 Å². The molecule has 2 aromatic carbocycles. The molecule has 0 radical (unpaired) electrons. The van der Waals surface area contributed by atoms with Crippen LogP contribution in [0, 0.1) is 10.1 Å². The highest BCUT2D eigenvalue weighted by atomic mass is 35.5. The molecule has 190 valence electrons. The topological polar surface area (TPSA) is 110 Å². The van der Waals surface area contributed by atoms with Gasteiger partial charge in [0.1, 0.15) is 5.02 Å². The number of carbonyl (C=O) groups is 1.